The van der Waals surface area contributed by atoms with Crippen LogP contribution in [-0.2, 0) is 33.3 Å². The molecule has 9 nitrogen and oxygen atoms in total. The highest BCUT2D eigenvalue weighted by atomic mass is 16.6. The number of alkyl carbamates (subject to hydrolysis) is 1. The quantitative estimate of drug-likeness (QED) is 0.0278. The Morgan fingerprint density at radius 2 is 0.938 bits per heavy atom. The van der Waals surface area contributed by atoms with Crippen LogP contribution in [0.15, 0.2) is 24.3 Å². The van der Waals surface area contributed by atoms with Gasteiger partial charge in [-0.05, 0) is 88.9 Å². The normalized spacial score (nSPS) is 13.0. The third kappa shape index (κ3) is 40.7. The summed E-state index contributed by atoms with van der Waals surface area (Å²) in [5.41, 5.74) is 0. The molecule has 0 saturated heterocycles. The van der Waals surface area contributed by atoms with Crippen molar-refractivity contribution in [1.82, 2.24) is 5.32 Å². The summed E-state index contributed by atoms with van der Waals surface area (Å²) in [6.07, 6.45) is 42.1. The number of hydrogen-bond donors (Lipinski definition) is 1. The summed E-state index contributed by atoms with van der Waals surface area (Å²) in [7, 11) is 0. The van der Waals surface area contributed by atoms with Crippen LogP contribution in [0.25, 0.3) is 0 Å². The monoisotopic (exact) mass is 904 g/mol. The van der Waals surface area contributed by atoms with Gasteiger partial charge in [-0.2, -0.15) is 0 Å². The van der Waals surface area contributed by atoms with Gasteiger partial charge in [0.2, 0.25) is 0 Å². The lowest BCUT2D eigenvalue weighted by Crippen LogP contribution is -2.31. The number of nitrogens with one attached hydrogen (secondary N) is 1. The lowest BCUT2D eigenvalue weighted by atomic mass is 9.86. The summed E-state index contributed by atoms with van der Waals surface area (Å²) in [4.78, 5) is 51.0. The van der Waals surface area contributed by atoms with E-state index in [9.17, 15) is 19.2 Å². The molecule has 3 unspecified atom stereocenters. The number of ether oxygens (including phenoxy) is 4. The van der Waals surface area contributed by atoms with Crippen LogP contribution in [0.5, 0.6) is 0 Å². The molecule has 0 aromatic rings. The van der Waals surface area contributed by atoms with Crippen LogP contribution in [-0.4, -0.2) is 56.5 Å². The van der Waals surface area contributed by atoms with Crippen LogP contribution in [0.2, 0.25) is 0 Å². The van der Waals surface area contributed by atoms with Crippen LogP contribution >= 0.6 is 0 Å². The maximum atomic E-state index is 12.9. The van der Waals surface area contributed by atoms with E-state index in [2.05, 4.69) is 71.2 Å². The minimum Gasteiger partial charge on any atom is -0.465 e. The van der Waals surface area contributed by atoms with E-state index in [0.29, 0.717) is 31.2 Å². The molecular formula is C55H101NO8. The van der Waals surface area contributed by atoms with Crippen LogP contribution in [0, 0.1) is 17.8 Å². The van der Waals surface area contributed by atoms with E-state index in [1.54, 1.807) is 0 Å². The number of hydrogen-bond acceptors (Lipinski definition) is 8. The van der Waals surface area contributed by atoms with Gasteiger partial charge in [0.1, 0.15) is 25.9 Å². The lowest BCUT2D eigenvalue weighted by Gasteiger charge is -2.22. The van der Waals surface area contributed by atoms with E-state index in [-0.39, 0.29) is 50.7 Å². The van der Waals surface area contributed by atoms with Crippen LogP contribution in [0.1, 0.15) is 253 Å². The van der Waals surface area contributed by atoms with E-state index in [4.69, 9.17) is 18.9 Å². The summed E-state index contributed by atoms with van der Waals surface area (Å²) in [6.45, 7) is 13.7. The number of carbonyl (C=O) groups is 4. The first-order chi connectivity index (χ1) is 31.2. The van der Waals surface area contributed by atoms with Crippen molar-refractivity contribution in [3.63, 3.8) is 0 Å². The van der Waals surface area contributed by atoms with Gasteiger partial charge in [0.05, 0.1) is 5.92 Å². The summed E-state index contributed by atoms with van der Waals surface area (Å²) in [5.74, 6) is -0.383. The van der Waals surface area contributed by atoms with Gasteiger partial charge in [0.25, 0.3) is 0 Å². The van der Waals surface area contributed by atoms with Gasteiger partial charge < -0.3 is 24.3 Å². The van der Waals surface area contributed by atoms with Crippen molar-refractivity contribution < 1.29 is 38.1 Å². The SMILES string of the molecule is CCCCC/C=C\C/C=C\CCCCCCCC(=O)OCC(COC(=O)CCCC(=O)OC(CCCCCCCC)CCCCCCCC)COC(=O)NCCC(C)C(CC)CCC. The molecule has 0 spiro atoms. The van der Waals surface area contributed by atoms with Crippen molar-refractivity contribution in [2.75, 3.05) is 26.4 Å². The Kier molecular flexibility index (Phi) is 44.6. The number of allylic oxidation sites excluding steroid dienone is 4. The molecule has 3 atom stereocenters. The molecule has 0 aliphatic rings. The van der Waals surface area contributed by atoms with Gasteiger partial charge in [-0.3, -0.25) is 14.4 Å². The van der Waals surface area contributed by atoms with E-state index in [0.717, 1.165) is 89.9 Å². The molecule has 1 amide bonds. The van der Waals surface area contributed by atoms with Gasteiger partial charge >= 0.3 is 24.0 Å². The van der Waals surface area contributed by atoms with E-state index in [1.807, 2.05) is 0 Å². The lowest BCUT2D eigenvalue weighted by molar-refractivity contribution is -0.150. The minimum absolute atomic E-state index is 0.0171. The van der Waals surface area contributed by atoms with Crippen molar-refractivity contribution in [2.45, 2.75) is 260 Å². The van der Waals surface area contributed by atoms with Gasteiger partial charge in [0.15, 0.2) is 0 Å². The molecule has 0 radical (unpaired) electrons. The second kappa shape index (κ2) is 46.7. The maximum absolute atomic E-state index is 12.9. The number of esters is 3. The van der Waals surface area contributed by atoms with Crippen LogP contribution in [0.4, 0.5) is 4.79 Å². The Morgan fingerprint density at radius 1 is 0.469 bits per heavy atom. The van der Waals surface area contributed by atoms with Crippen molar-refractivity contribution in [3.8, 4) is 0 Å². The number of carbonyl (C=O) groups excluding carboxylic acids is 4. The van der Waals surface area contributed by atoms with Crippen LogP contribution in [0.3, 0.4) is 0 Å². The fraction of sp³-hybridized carbons (Fsp3) is 0.855. The van der Waals surface area contributed by atoms with Crippen LogP contribution < -0.4 is 5.32 Å². The largest absolute Gasteiger partial charge is 0.465 e. The molecule has 0 aromatic carbocycles. The highest BCUT2D eigenvalue weighted by Crippen LogP contribution is 2.23. The van der Waals surface area contributed by atoms with Gasteiger partial charge in [0, 0.05) is 25.8 Å². The zero-order valence-electron chi connectivity index (χ0n) is 42.5. The highest BCUT2D eigenvalue weighted by molar-refractivity contribution is 5.72. The summed E-state index contributed by atoms with van der Waals surface area (Å²) >= 11 is 0. The van der Waals surface area contributed by atoms with Gasteiger partial charge in [-0.15, -0.1) is 0 Å². The number of amides is 1. The molecule has 0 aromatic heterocycles. The Bertz CT molecular complexity index is 1140. The summed E-state index contributed by atoms with van der Waals surface area (Å²) < 4.78 is 22.7. The topological polar surface area (TPSA) is 117 Å². The molecule has 64 heavy (non-hydrogen) atoms. The standard InChI is InChI=1S/C55H101NO8/c1-7-12-15-18-21-22-23-24-25-26-27-28-29-32-35-40-52(57)61-45-49(47-63-55(60)56-44-43-48(6)50(11-5)37-10-4)46-62-53(58)41-36-42-54(59)64-51(38-33-30-19-16-13-8-2)39-34-31-20-17-14-9-3/h21-22,24-25,48-51H,7-20,23,26-47H2,1-6H3,(H,56,60)/b22-21-,25-24-. The van der Waals surface area contributed by atoms with Crippen molar-refractivity contribution >= 4 is 24.0 Å². The Balaban J connectivity index is 4.88. The van der Waals surface area contributed by atoms with Crippen molar-refractivity contribution in [2.24, 2.45) is 17.8 Å². The molecule has 0 aliphatic carbocycles. The molecule has 0 bridgehead atoms. The highest BCUT2D eigenvalue weighted by Gasteiger charge is 2.20. The molecule has 0 heterocycles. The van der Waals surface area contributed by atoms with Crippen molar-refractivity contribution in [3.05, 3.63) is 24.3 Å². The number of rotatable bonds is 46. The predicted octanol–water partition coefficient (Wildman–Crippen LogP) is 15.7. The third-order valence-corrected chi connectivity index (χ3v) is 12.4. The Labute approximate surface area is 394 Å². The second-order valence-corrected chi connectivity index (χ2v) is 18.5. The Morgan fingerprint density at radius 3 is 1.50 bits per heavy atom. The fourth-order valence-electron chi connectivity index (χ4n) is 8.12. The molecule has 0 rings (SSSR count). The zero-order chi connectivity index (χ0) is 47.1. The molecule has 0 aliphatic heterocycles. The third-order valence-electron chi connectivity index (χ3n) is 12.4. The fourth-order valence-corrected chi connectivity index (χ4v) is 8.12. The maximum Gasteiger partial charge on any atom is 0.407 e. The van der Waals surface area contributed by atoms with Gasteiger partial charge in [-0.25, -0.2) is 4.79 Å². The average Bonchev–Trinajstić information content (AvgIpc) is 3.28. The molecule has 0 saturated carbocycles. The first kappa shape index (κ1) is 61.2. The molecular weight excluding hydrogens is 803 g/mol. The molecule has 374 valence electrons. The average molecular weight is 904 g/mol. The van der Waals surface area contributed by atoms with Crippen molar-refractivity contribution in [1.29, 1.82) is 0 Å². The predicted molar refractivity (Wildman–Crippen MR) is 266 cm³/mol. The smallest absolute Gasteiger partial charge is 0.407 e. The Hall–Kier alpha value is -2.84. The second-order valence-electron chi connectivity index (χ2n) is 18.5. The van der Waals surface area contributed by atoms with E-state index in [1.165, 1.54) is 96.3 Å². The molecule has 9 heteroatoms. The van der Waals surface area contributed by atoms with E-state index < -0.39 is 18.0 Å². The molecule has 1 N–H and O–H groups in total. The minimum atomic E-state index is -0.534. The molecule has 0 fully saturated rings. The first-order valence-corrected chi connectivity index (χ1v) is 26.9. The summed E-state index contributed by atoms with van der Waals surface area (Å²) in [6, 6.07) is 0. The number of unbranched alkanes of at least 4 members (excludes halogenated alkanes) is 18. The van der Waals surface area contributed by atoms with E-state index >= 15 is 0 Å². The first-order valence-electron chi connectivity index (χ1n) is 26.9. The van der Waals surface area contributed by atoms with Gasteiger partial charge in [-0.1, -0.05) is 181 Å². The summed E-state index contributed by atoms with van der Waals surface area (Å²) in [5, 5.41) is 2.86. The zero-order valence-corrected chi connectivity index (χ0v) is 42.5.